The molecule has 0 aromatic carbocycles. The molecule has 6 nitrogen and oxygen atoms in total. The van der Waals surface area contributed by atoms with Gasteiger partial charge in [-0.25, -0.2) is 4.98 Å². The fourth-order valence-corrected chi connectivity index (χ4v) is 1.92. The van der Waals surface area contributed by atoms with E-state index in [1.54, 1.807) is 31.0 Å². The number of aryl methyl sites for hydroxylation is 2. The number of aromatic nitrogens is 3. The van der Waals surface area contributed by atoms with Gasteiger partial charge in [0.1, 0.15) is 5.82 Å². The zero-order valence-corrected chi connectivity index (χ0v) is 11.6. The number of pyridine rings is 1. The fourth-order valence-electron chi connectivity index (χ4n) is 1.66. The van der Waals surface area contributed by atoms with E-state index in [0.29, 0.717) is 22.1 Å². The van der Waals surface area contributed by atoms with Gasteiger partial charge in [0.2, 0.25) is 0 Å². The largest absolute Gasteiger partial charge is 0.372 e. The zero-order chi connectivity index (χ0) is 14.0. The van der Waals surface area contributed by atoms with Gasteiger partial charge in [-0.15, -0.1) is 0 Å². The first kappa shape index (κ1) is 13.4. The second-order valence-corrected chi connectivity index (χ2v) is 4.47. The van der Waals surface area contributed by atoms with Crippen LogP contribution in [-0.4, -0.2) is 27.7 Å². The Morgan fingerprint density at radius 2 is 2.21 bits per heavy atom. The van der Waals surface area contributed by atoms with Crippen LogP contribution in [0.5, 0.6) is 0 Å². The van der Waals surface area contributed by atoms with Crippen LogP contribution in [0.4, 0.5) is 11.5 Å². The van der Waals surface area contributed by atoms with E-state index in [9.17, 15) is 4.79 Å². The van der Waals surface area contributed by atoms with Gasteiger partial charge < -0.3 is 10.6 Å². The average molecular weight is 280 g/mol. The van der Waals surface area contributed by atoms with Crippen LogP contribution < -0.4 is 10.6 Å². The average Bonchev–Trinajstić information content (AvgIpc) is 2.67. The minimum Gasteiger partial charge on any atom is -0.372 e. The highest BCUT2D eigenvalue weighted by atomic mass is 35.5. The van der Waals surface area contributed by atoms with Crippen molar-refractivity contribution in [3.63, 3.8) is 0 Å². The van der Waals surface area contributed by atoms with Gasteiger partial charge in [-0.3, -0.25) is 9.48 Å². The molecule has 1 amide bonds. The van der Waals surface area contributed by atoms with E-state index in [4.69, 9.17) is 11.6 Å². The van der Waals surface area contributed by atoms with Crippen molar-refractivity contribution in [2.45, 2.75) is 6.92 Å². The lowest BCUT2D eigenvalue weighted by atomic mass is 10.2. The van der Waals surface area contributed by atoms with E-state index in [1.165, 1.54) is 6.20 Å². The number of amides is 1. The van der Waals surface area contributed by atoms with Crippen molar-refractivity contribution in [3.8, 4) is 0 Å². The van der Waals surface area contributed by atoms with Gasteiger partial charge in [0, 0.05) is 26.5 Å². The Hall–Kier alpha value is -2.08. The molecule has 0 saturated heterocycles. The topological polar surface area (TPSA) is 71.8 Å². The van der Waals surface area contributed by atoms with Gasteiger partial charge in [-0.2, -0.15) is 5.10 Å². The fraction of sp³-hybridized carbons (Fsp3) is 0.250. The molecule has 2 heterocycles. The van der Waals surface area contributed by atoms with E-state index in [1.807, 2.05) is 6.92 Å². The highest BCUT2D eigenvalue weighted by Gasteiger charge is 2.12. The van der Waals surface area contributed by atoms with Crippen LogP contribution in [0, 0.1) is 6.92 Å². The summed E-state index contributed by atoms with van der Waals surface area (Å²) >= 11 is 5.99. The summed E-state index contributed by atoms with van der Waals surface area (Å²) < 4.78 is 1.64. The van der Waals surface area contributed by atoms with Crippen molar-refractivity contribution in [2.75, 3.05) is 17.7 Å². The molecule has 100 valence electrons. The number of rotatable bonds is 3. The number of anilines is 2. The number of hydrogen-bond donors (Lipinski definition) is 2. The van der Waals surface area contributed by atoms with Crippen LogP contribution in [-0.2, 0) is 7.05 Å². The van der Waals surface area contributed by atoms with Crippen molar-refractivity contribution in [2.24, 2.45) is 7.05 Å². The molecule has 0 atom stereocenters. The van der Waals surface area contributed by atoms with E-state index in [2.05, 4.69) is 20.7 Å². The summed E-state index contributed by atoms with van der Waals surface area (Å²) in [6.45, 7) is 1.82. The lowest BCUT2D eigenvalue weighted by molar-refractivity contribution is 0.102. The minimum absolute atomic E-state index is 0.270. The number of hydrogen-bond acceptors (Lipinski definition) is 4. The van der Waals surface area contributed by atoms with Gasteiger partial charge in [-0.05, 0) is 13.0 Å². The Morgan fingerprint density at radius 3 is 2.74 bits per heavy atom. The molecule has 7 heteroatoms. The number of carbonyl (C=O) groups is 1. The van der Waals surface area contributed by atoms with Crippen LogP contribution >= 0.6 is 11.6 Å². The molecule has 2 aromatic rings. The molecule has 0 aliphatic heterocycles. The molecular weight excluding hydrogens is 266 g/mol. The van der Waals surface area contributed by atoms with Crippen molar-refractivity contribution >= 4 is 29.0 Å². The van der Waals surface area contributed by atoms with Gasteiger partial charge in [0.25, 0.3) is 5.91 Å². The number of halogens is 1. The van der Waals surface area contributed by atoms with Crippen molar-refractivity contribution in [1.82, 2.24) is 14.8 Å². The van der Waals surface area contributed by atoms with Crippen molar-refractivity contribution in [1.29, 1.82) is 0 Å². The van der Waals surface area contributed by atoms with Gasteiger partial charge in [0.15, 0.2) is 0 Å². The Kier molecular flexibility index (Phi) is 3.71. The smallest absolute Gasteiger partial charge is 0.257 e. The number of nitrogens with one attached hydrogen (secondary N) is 2. The van der Waals surface area contributed by atoms with E-state index in [0.717, 1.165) is 5.69 Å². The second kappa shape index (κ2) is 5.27. The maximum atomic E-state index is 12.1. The van der Waals surface area contributed by atoms with Crippen molar-refractivity contribution < 1.29 is 4.79 Å². The highest BCUT2D eigenvalue weighted by Crippen LogP contribution is 2.20. The third-order valence-electron chi connectivity index (χ3n) is 2.60. The molecule has 0 bridgehead atoms. The Labute approximate surface area is 115 Å². The Bertz CT molecular complexity index is 623. The molecule has 0 saturated carbocycles. The molecule has 0 fully saturated rings. The van der Waals surface area contributed by atoms with Gasteiger partial charge in [0.05, 0.1) is 22.0 Å². The first-order chi connectivity index (χ1) is 9.01. The quantitative estimate of drug-likeness (QED) is 0.902. The molecule has 0 aliphatic rings. The van der Waals surface area contributed by atoms with Crippen LogP contribution in [0.3, 0.4) is 0 Å². The monoisotopic (exact) mass is 279 g/mol. The SMILES string of the molecule is CNc1ncc(C(=O)Nc2cn(C)nc2C)cc1Cl. The molecule has 0 radical (unpaired) electrons. The number of nitrogens with zero attached hydrogens (tertiary/aromatic N) is 3. The lowest BCUT2D eigenvalue weighted by Gasteiger charge is -2.06. The Morgan fingerprint density at radius 1 is 1.47 bits per heavy atom. The highest BCUT2D eigenvalue weighted by molar-refractivity contribution is 6.33. The Balaban J connectivity index is 2.20. The second-order valence-electron chi connectivity index (χ2n) is 4.06. The molecule has 19 heavy (non-hydrogen) atoms. The molecule has 0 spiro atoms. The summed E-state index contributed by atoms with van der Waals surface area (Å²) in [7, 11) is 3.51. The first-order valence-electron chi connectivity index (χ1n) is 5.66. The molecule has 0 aliphatic carbocycles. The van der Waals surface area contributed by atoms with Crippen LogP contribution in [0.2, 0.25) is 5.02 Å². The normalized spacial score (nSPS) is 10.3. The molecule has 2 aromatic heterocycles. The standard InChI is InChI=1S/C12H14ClN5O/c1-7-10(6-18(3)17-7)16-12(19)8-4-9(13)11(14-2)15-5-8/h4-6H,1-3H3,(H,14,15)(H,16,19). The summed E-state index contributed by atoms with van der Waals surface area (Å²) in [6, 6.07) is 1.57. The first-order valence-corrected chi connectivity index (χ1v) is 6.04. The van der Waals surface area contributed by atoms with Gasteiger partial charge >= 0.3 is 0 Å². The number of carbonyl (C=O) groups excluding carboxylic acids is 1. The predicted octanol–water partition coefficient (Wildman–Crippen LogP) is 2.07. The van der Waals surface area contributed by atoms with E-state index < -0.39 is 0 Å². The summed E-state index contributed by atoms with van der Waals surface area (Å²) in [5.74, 6) is 0.268. The molecule has 2 rings (SSSR count). The molecule has 0 unspecified atom stereocenters. The third kappa shape index (κ3) is 2.85. The van der Waals surface area contributed by atoms with E-state index in [-0.39, 0.29) is 5.91 Å². The van der Waals surface area contributed by atoms with E-state index >= 15 is 0 Å². The van der Waals surface area contributed by atoms with Crippen molar-refractivity contribution in [3.05, 3.63) is 34.7 Å². The summed E-state index contributed by atoms with van der Waals surface area (Å²) in [5.41, 5.74) is 1.82. The lowest BCUT2D eigenvalue weighted by Crippen LogP contribution is -2.13. The molecule has 2 N–H and O–H groups in total. The van der Waals surface area contributed by atoms with Crippen LogP contribution in [0.1, 0.15) is 16.1 Å². The summed E-state index contributed by atoms with van der Waals surface area (Å²) in [5, 5.41) is 10.2. The predicted molar refractivity (Wildman–Crippen MR) is 74.7 cm³/mol. The maximum Gasteiger partial charge on any atom is 0.257 e. The molecular formula is C12H14ClN5O. The summed E-state index contributed by atoms with van der Waals surface area (Å²) in [4.78, 5) is 16.1. The maximum absolute atomic E-state index is 12.1. The van der Waals surface area contributed by atoms with Crippen LogP contribution in [0.15, 0.2) is 18.5 Å². The zero-order valence-electron chi connectivity index (χ0n) is 10.9. The summed E-state index contributed by atoms with van der Waals surface area (Å²) in [6.07, 6.45) is 3.21. The third-order valence-corrected chi connectivity index (χ3v) is 2.89. The van der Waals surface area contributed by atoms with Gasteiger partial charge in [-0.1, -0.05) is 11.6 Å². The minimum atomic E-state index is -0.270. The van der Waals surface area contributed by atoms with Crippen LogP contribution in [0.25, 0.3) is 0 Å².